The number of fused-ring (bicyclic) bond motifs is 1. The van der Waals surface area contributed by atoms with Crippen molar-refractivity contribution in [3.05, 3.63) is 88.1 Å². The lowest BCUT2D eigenvalue weighted by Gasteiger charge is -2.21. The van der Waals surface area contributed by atoms with Crippen molar-refractivity contribution in [2.75, 3.05) is 25.1 Å². The third-order valence-corrected chi connectivity index (χ3v) is 7.32. The number of methoxy groups -OCH3 is 1. The van der Waals surface area contributed by atoms with Crippen LogP contribution >= 0.6 is 0 Å². The summed E-state index contributed by atoms with van der Waals surface area (Å²) in [5.74, 6) is 1.26. The molecule has 6 nitrogen and oxygen atoms in total. The summed E-state index contributed by atoms with van der Waals surface area (Å²) >= 11 is 0. The van der Waals surface area contributed by atoms with Crippen molar-refractivity contribution in [3.63, 3.8) is 0 Å². The molecule has 1 aliphatic heterocycles. The van der Waals surface area contributed by atoms with Crippen LogP contribution in [-0.4, -0.2) is 35.4 Å². The molecule has 0 bridgehead atoms. The molecule has 1 unspecified atom stereocenters. The molecule has 6 rings (SSSR count). The SMILES string of the molecule is COc1cccc2c1n(Cc1ccccc1OC1CC1)c(=O)n2C1CCN(c2c(C)cccc2F)C1. The zero-order chi connectivity index (χ0) is 24.8. The maximum absolute atomic E-state index is 14.7. The second-order valence-electron chi connectivity index (χ2n) is 9.79. The van der Waals surface area contributed by atoms with Crippen LogP contribution in [-0.2, 0) is 6.54 Å². The van der Waals surface area contributed by atoms with E-state index in [9.17, 15) is 9.18 Å². The van der Waals surface area contributed by atoms with Gasteiger partial charge >= 0.3 is 5.69 Å². The van der Waals surface area contributed by atoms with E-state index in [1.807, 2.05) is 60.0 Å². The Bertz CT molecular complexity index is 1470. The minimum atomic E-state index is -0.223. The van der Waals surface area contributed by atoms with Gasteiger partial charge in [0.2, 0.25) is 0 Å². The summed E-state index contributed by atoms with van der Waals surface area (Å²) in [7, 11) is 1.63. The van der Waals surface area contributed by atoms with E-state index in [4.69, 9.17) is 9.47 Å². The highest BCUT2D eigenvalue weighted by molar-refractivity contribution is 5.83. The number of anilines is 1. The molecule has 0 spiro atoms. The van der Waals surface area contributed by atoms with Crippen LogP contribution in [0.4, 0.5) is 10.1 Å². The van der Waals surface area contributed by atoms with E-state index in [0.29, 0.717) is 31.1 Å². The summed E-state index contributed by atoms with van der Waals surface area (Å²) in [5.41, 5.74) is 4.00. The number of halogens is 1. The fourth-order valence-corrected chi connectivity index (χ4v) is 5.43. The first-order chi connectivity index (χ1) is 17.5. The number of aromatic nitrogens is 2. The van der Waals surface area contributed by atoms with Gasteiger partial charge in [-0.2, -0.15) is 0 Å². The van der Waals surface area contributed by atoms with Crippen molar-refractivity contribution in [1.82, 2.24) is 9.13 Å². The lowest BCUT2D eigenvalue weighted by molar-refractivity contribution is 0.299. The van der Waals surface area contributed by atoms with Crippen LogP contribution in [0, 0.1) is 12.7 Å². The molecule has 2 fully saturated rings. The van der Waals surface area contributed by atoms with Gasteiger partial charge in [-0.1, -0.05) is 36.4 Å². The zero-order valence-corrected chi connectivity index (χ0v) is 20.6. The Hall–Kier alpha value is -3.74. The van der Waals surface area contributed by atoms with Gasteiger partial charge in [0.25, 0.3) is 0 Å². The fraction of sp³-hybridized carbons (Fsp3) is 0.345. The zero-order valence-electron chi connectivity index (χ0n) is 20.6. The van der Waals surface area contributed by atoms with Crippen molar-refractivity contribution >= 4 is 16.7 Å². The summed E-state index contributed by atoms with van der Waals surface area (Å²) in [5, 5.41) is 0. The number of benzene rings is 3. The van der Waals surface area contributed by atoms with Crippen molar-refractivity contribution in [1.29, 1.82) is 0 Å². The highest BCUT2D eigenvalue weighted by atomic mass is 19.1. The van der Waals surface area contributed by atoms with Crippen LogP contribution in [0.5, 0.6) is 11.5 Å². The highest BCUT2D eigenvalue weighted by Crippen LogP contribution is 2.35. The van der Waals surface area contributed by atoms with E-state index in [1.165, 1.54) is 6.07 Å². The predicted molar refractivity (Wildman–Crippen MR) is 139 cm³/mol. The first-order valence-corrected chi connectivity index (χ1v) is 12.6. The Morgan fingerprint density at radius 2 is 1.75 bits per heavy atom. The molecule has 0 radical (unpaired) electrons. The quantitative estimate of drug-likeness (QED) is 0.355. The Balaban J connectivity index is 1.42. The molecule has 186 valence electrons. The Kier molecular flexibility index (Phi) is 5.70. The summed E-state index contributed by atoms with van der Waals surface area (Å²) in [4.78, 5) is 16.1. The Morgan fingerprint density at radius 3 is 2.53 bits per heavy atom. The normalized spacial score (nSPS) is 17.6. The van der Waals surface area contributed by atoms with Gasteiger partial charge < -0.3 is 14.4 Å². The molecule has 1 aliphatic carbocycles. The van der Waals surface area contributed by atoms with Gasteiger partial charge in [0, 0.05) is 18.7 Å². The van der Waals surface area contributed by atoms with Crippen molar-refractivity contribution in [3.8, 4) is 11.5 Å². The van der Waals surface area contributed by atoms with E-state index in [2.05, 4.69) is 4.90 Å². The average Bonchev–Trinajstić information content (AvgIpc) is 3.49. The van der Waals surface area contributed by atoms with Crippen LogP contribution in [0.2, 0.25) is 0 Å². The first kappa shape index (κ1) is 22.7. The topological polar surface area (TPSA) is 48.6 Å². The van der Waals surface area contributed by atoms with Crippen molar-refractivity contribution in [2.45, 2.75) is 44.9 Å². The summed E-state index contributed by atoms with van der Waals surface area (Å²) in [6, 6.07) is 18.8. The molecule has 36 heavy (non-hydrogen) atoms. The minimum absolute atomic E-state index is 0.0784. The molecule has 3 aromatic carbocycles. The van der Waals surface area contributed by atoms with Gasteiger partial charge in [-0.15, -0.1) is 0 Å². The molecular weight excluding hydrogens is 457 g/mol. The number of imidazole rings is 1. The molecule has 0 N–H and O–H groups in total. The number of rotatable bonds is 7. The van der Waals surface area contributed by atoms with E-state index < -0.39 is 0 Å². The summed E-state index contributed by atoms with van der Waals surface area (Å²) in [6.07, 6.45) is 3.16. The summed E-state index contributed by atoms with van der Waals surface area (Å²) < 4.78 is 30.2. The van der Waals surface area contributed by atoms with Crippen LogP contribution in [0.25, 0.3) is 11.0 Å². The predicted octanol–water partition coefficient (Wildman–Crippen LogP) is 5.30. The standard InChI is InChI=1S/C29H30FN3O3/c1-19-7-5-9-23(30)27(19)31-16-15-21(18-31)33-24-10-6-12-26(35-2)28(24)32(29(33)34)17-20-8-3-4-11-25(20)36-22-13-14-22/h3-12,21-22H,13-18H2,1-2H3. The second-order valence-corrected chi connectivity index (χ2v) is 9.79. The maximum Gasteiger partial charge on any atom is 0.329 e. The molecule has 0 amide bonds. The number of para-hydroxylation sites is 3. The molecule has 1 atom stereocenters. The molecular formula is C29H30FN3O3. The maximum atomic E-state index is 14.7. The van der Waals surface area contributed by atoms with Crippen molar-refractivity contribution < 1.29 is 13.9 Å². The van der Waals surface area contributed by atoms with E-state index in [-0.39, 0.29) is 23.7 Å². The van der Waals surface area contributed by atoms with Crippen LogP contribution in [0.1, 0.15) is 36.4 Å². The van der Waals surface area contributed by atoms with E-state index >= 15 is 0 Å². The number of nitrogens with zero attached hydrogens (tertiary/aromatic N) is 3. The number of aryl methyl sites for hydroxylation is 1. The number of ether oxygens (including phenoxy) is 2. The van der Waals surface area contributed by atoms with Crippen LogP contribution in [0.3, 0.4) is 0 Å². The molecule has 7 heteroatoms. The third kappa shape index (κ3) is 3.92. The fourth-order valence-electron chi connectivity index (χ4n) is 5.43. The van der Waals surface area contributed by atoms with Gasteiger partial charge in [-0.05, 0) is 56.0 Å². The lowest BCUT2D eigenvalue weighted by Crippen LogP contribution is -2.30. The Labute approximate surface area is 209 Å². The molecule has 1 saturated heterocycles. The monoisotopic (exact) mass is 487 g/mol. The number of hydrogen-bond acceptors (Lipinski definition) is 4. The molecule has 2 heterocycles. The largest absolute Gasteiger partial charge is 0.494 e. The van der Waals surface area contributed by atoms with Gasteiger partial charge in [-0.25, -0.2) is 9.18 Å². The molecule has 2 aliphatic rings. The minimum Gasteiger partial charge on any atom is -0.494 e. The first-order valence-electron chi connectivity index (χ1n) is 12.6. The van der Waals surface area contributed by atoms with Gasteiger partial charge in [-0.3, -0.25) is 9.13 Å². The Morgan fingerprint density at radius 1 is 0.972 bits per heavy atom. The average molecular weight is 488 g/mol. The third-order valence-electron chi connectivity index (χ3n) is 7.32. The van der Waals surface area contributed by atoms with Gasteiger partial charge in [0.05, 0.1) is 37.0 Å². The smallest absolute Gasteiger partial charge is 0.329 e. The van der Waals surface area contributed by atoms with Crippen LogP contribution < -0.4 is 20.1 Å². The van der Waals surface area contributed by atoms with Crippen LogP contribution in [0.15, 0.2) is 65.5 Å². The van der Waals surface area contributed by atoms with E-state index in [0.717, 1.165) is 47.2 Å². The lowest BCUT2D eigenvalue weighted by atomic mass is 10.2. The van der Waals surface area contributed by atoms with Crippen molar-refractivity contribution in [2.24, 2.45) is 0 Å². The molecule has 1 aromatic heterocycles. The summed E-state index contributed by atoms with van der Waals surface area (Å²) in [6.45, 7) is 3.57. The van der Waals surface area contributed by atoms with E-state index in [1.54, 1.807) is 17.7 Å². The molecule has 1 saturated carbocycles. The number of hydrogen-bond donors (Lipinski definition) is 0. The van der Waals surface area contributed by atoms with Gasteiger partial charge in [0.15, 0.2) is 0 Å². The molecule has 4 aromatic rings. The highest BCUT2D eigenvalue weighted by Gasteiger charge is 2.31. The second kappa shape index (κ2) is 9.04. The van der Waals surface area contributed by atoms with Gasteiger partial charge in [0.1, 0.15) is 22.8 Å².